The first-order valence-electron chi connectivity index (χ1n) is 10.9. The Morgan fingerprint density at radius 3 is 2.85 bits per heavy atom. The molecule has 0 saturated heterocycles. The van der Waals surface area contributed by atoms with Crippen molar-refractivity contribution in [2.24, 2.45) is 4.99 Å². The molecule has 0 fully saturated rings. The van der Waals surface area contributed by atoms with Crippen LogP contribution in [0.3, 0.4) is 0 Å². The fourth-order valence-electron chi connectivity index (χ4n) is 4.59. The van der Waals surface area contributed by atoms with Gasteiger partial charge in [-0.1, -0.05) is 17.7 Å². The Hall–Kier alpha value is -3.77. The van der Waals surface area contributed by atoms with Gasteiger partial charge in [-0.25, -0.2) is 9.97 Å². The Kier molecular flexibility index (Phi) is 4.80. The molecule has 33 heavy (non-hydrogen) atoms. The van der Waals surface area contributed by atoms with Crippen molar-refractivity contribution in [3.05, 3.63) is 82.8 Å². The summed E-state index contributed by atoms with van der Waals surface area (Å²) in [6.45, 7) is 3.56. The van der Waals surface area contributed by atoms with Crippen LogP contribution in [0.4, 0.5) is 11.5 Å². The molecule has 2 aliphatic rings. The number of benzene rings is 2. The minimum Gasteiger partial charge on any atom is -0.372 e. The Morgan fingerprint density at radius 2 is 2.03 bits per heavy atom. The van der Waals surface area contributed by atoms with E-state index in [2.05, 4.69) is 45.3 Å². The van der Waals surface area contributed by atoms with Gasteiger partial charge >= 0.3 is 0 Å². The highest BCUT2D eigenvalue weighted by molar-refractivity contribution is 6.30. The van der Waals surface area contributed by atoms with E-state index in [0.29, 0.717) is 12.5 Å². The van der Waals surface area contributed by atoms with E-state index >= 15 is 0 Å². The fraction of sp³-hybridized carbons (Fsp3) is 0.154. The highest BCUT2D eigenvalue weighted by Crippen LogP contribution is 2.40. The summed E-state index contributed by atoms with van der Waals surface area (Å²) in [4.78, 5) is 21.0. The number of pyridine rings is 1. The summed E-state index contributed by atoms with van der Waals surface area (Å²) in [5.74, 6) is 1.57. The second kappa shape index (κ2) is 7.98. The van der Waals surface area contributed by atoms with Crippen molar-refractivity contribution < 1.29 is 0 Å². The number of halogens is 1. The Morgan fingerprint density at radius 1 is 1.09 bits per heavy atom. The van der Waals surface area contributed by atoms with Crippen molar-refractivity contribution in [3.8, 4) is 11.4 Å². The Bertz CT molecular complexity index is 1440. The molecule has 2 aromatic heterocycles. The summed E-state index contributed by atoms with van der Waals surface area (Å²) in [5, 5.41) is 4.98. The van der Waals surface area contributed by atoms with Crippen LogP contribution in [0.25, 0.3) is 27.9 Å². The fourth-order valence-corrected chi connectivity index (χ4v) is 4.78. The molecule has 4 aromatic rings. The van der Waals surface area contributed by atoms with E-state index < -0.39 is 0 Å². The molecule has 1 N–H and O–H groups in total. The summed E-state index contributed by atoms with van der Waals surface area (Å²) in [6.07, 6.45) is 8.41. The lowest BCUT2D eigenvalue weighted by Gasteiger charge is -2.22. The van der Waals surface area contributed by atoms with Crippen LogP contribution in [0, 0.1) is 6.92 Å². The average Bonchev–Trinajstić information content (AvgIpc) is 3.28. The molecule has 0 amide bonds. The molecule has 4 heterocycles. The summed E-state index contributed by atoms with van der Waals surface area (Å²) in [6, 6.07) is 14.2. The number of aromatic nitrogens is 3. The number of nitrogens with zero attached hydrogens (tertiary/aromatic N) is 5. The zero-order valence-corrected chi connectivity index (χ0v) is 18.8. The molecule has 6 nitrogen and oxygen atoms in total. The average molecular weight is 453 g/mol. The number of rotatable bonds is 3. The third-order valence-electron chi connectivity index (χ3n) is 6.20. The molecule has 0 aliphatic carbocycles. The second-order valence-electron chi connectivity index (χ2n) is 8.20. The number of aryl methyl sites for hydroxylation is 1. The maximum Gasteiger partial charge on any atom is 0.163 e. The van der Waals surface area contributed by atoms with E-state index in [1.165, 1.54) is 5.56 Å². The summed E-state index contributed by atoms with van der Waals surface area (Å²) < 4.78 is 0. The first kappa shape index (κ1) is 19.9. The molecule has 2 aliphatic heterocycles. The van der Waals surface area contributed by atoms with Crippen LogP contribution in [0.2, 0.25) is 5.02 Å². The number of fused-ring (bicyclic) bond motifs is 2. The van der Waals surface area contributed by atoms with Gasteiger partial charge in [0.15, 0.2) is 5.82 Å². The predicted molar refractivity (Wildman–Crippen MR) is 134 cm³/mol. The van der Waals surface area contributed by atoms with Gasteiger partial charge in [0.2, 0.25) is 0 Å². The van der Waals surface area contributed by atoms with E-state index in [-0.39, 0.29) is 0 Å². The Labute approximate surface area is 196 Å². The topological polar surface area (TPSA) is 66.3 Å². The van der Waals surface area contributed by atoms with Crippen LogP contribution in [-0.2, 0) is 6.42 Å². The zero-order valence-electron chi connectivity index (χ0n) is 18.1. The van der Waals surface area contributed by atoms with Crippen molar-refractivity contribution in [3.63, 3.8) is 0 Å². The molecule has 0 atom stereocenters. The van der Waals surface area contributed by atoms with E-state index in [0.717, 1.165) is 62.7 Å². The van der Waals surface area contributed by atoms with Gasteiger partial charge in [-0.05, 0) is 66.4 Å². The lowest BCUT2D eigenvalue weighted by molar-refractivity contribution is 0.882. The first-order valence-corrected chi connectivity index (χ1v) is 11.3. The van der Waals surface area contributed by atoms with Gasteiger partial charge in [0.25, 0.3) is 0 Å². The van der Waals surface area contributed by atoms with Gasteiger partial charge in [0.1, 0.15) is 12.5 Å². The molecule has 0 saturated carbocycles. The molecule has 7 heteroatoms. The van der Waals surface area contributed by atoms with Gasteiger partial charge in [0.05, 0.1) is 5.52 Å². The van der Waals surface area contributed by atoms with Crippen molar-refractivity contribution in [2.45, 2.75) is 13.3 Å². The van der Waals surface area contributed by atoms with E-state index in [1.54, 1.807) is 6.20 Å². The standard InChI is InChI=1S/C26H21ClN6/c1-16-21(19-13-29-15-30-14-19)5-6-22-24(16)31-25(18-3-2-9-28-12-18)32-26(22)33-10-8-17-11-20(27)4-7-23(17)33/h2-7,9,11-14,29H,8,10,15H2,1H3. The summed E-state index contributed by atoms with van der Waals surface area (Å²) in [5.41, 5.74) is 7.45. The molecular weight excluding hydrogens is 432 g/mol. The highest BCUT2D eigenvalue weighted by atomic mass is 35.5. The maximum atomic E-state index is 6.26. The summed E-state index contributed by atoms with van der Waals surface area (Å²) in [7, 11) is 0. The third kappa shape index (κ3) is 3.43. The monoisotopic (exact) mass is 452 g/mol. The van der Waals surface area contributed by atoms with Crippen molar-refractivity contribution in [1.82, 2.24) is 20.3 Å². The maximum absolute atomic E-state index is 6.26. The van der Waals surface area contributed by atoms with Gasteiger partial charge in [-0.2, -0.15) is 0 Å². The van der Waals surface area contributed by atoms with Gasteiger partial charge in [-0.15, -0.1) is 0 Å². The number of nitrogens with one attached hydrogen (secondary N) is 1. The van der Waals surface area contributed by atoms with Crippen LogP contribution >= 0.6 is 11.6 Å². The van der Waals surface area contributed by atoms with E-state index in [1.807, 2.05) is 42.9 Å². The number of hydrogen-bond acceptors (Lipinski definition) is 6. The van der Waals surface area contributed by atoms with Crippen LogP contribution in [0.1, 0.15) is 16.7 Å². The van der Waals surface area contributed by atoms with Crippen molar-refractivity contribution in [1.29, 1.82) is 0 Å². The number of aliphatic imine (C=N–C) groups is 1. The van der Waals surface area contributed by atoms with Crippen LogP contribution in [0.15, 0.2) is 66.1 Å². The van der Waals surface area contributed by atoms with Gasteiger partial charge < -0.3 is 10.2 Å². The predicted octanol–water partition coefficient (Wildman–Crippen LogP) is 5.32. The third-order valence-corrected chi connectivity index (χ3v) is 6.43. The van der Waals surface area contributed by atoms with Crippen LogP contribution in [0.5, 0.6) is 0 Å². The van der Waals surface area contributed by atoms with Crippen LogP contribution in [-0.4, -0.2) is 34.4 Å². The normalized spacial score (nSPS) is 14.8. The highest BCUT2D eigenvalue weighted by Gasteiger charge is 2.25. The molecular formula is C26H21ClN6. The molecule has 2 aromatic carbocycles. The molecule has 0 unspecified atom stereocenters. The number of anilines is 2. The van der Waals surface area contributed by atoms with Gasteiger partial charge in [0, 0.05) is 58.6 Å². The quantitative estimate of drug-likeness (QED) is 0.455. The SMILES string of the molecule is Cc1c(C2=CNCN=C2)ccc2c(N3CCc4cc(Cl)ccc43)nc(-c3cccnc3)nc12. The minimum absolute atomic E-state index is 0.603. The smallest absolute Gasteiger partial charge is 0.163 e. The molecule has 0 radical (unpaired) electrons. The van der Waals surface area contributed by atoms with Crippen LogP contribution < -0.4 is 10.2 Å². The van der Waals surface area contributed by atoms with E-state index in [4.69, 9.17) is 21.6 Å². The molecule has 162 valence electrons. The lowest BCUT2D eigenvalue weighted by atomic mass is 9.98. The minimum atomic E-state index is 0.603. The molecule has 0 spiro atoms. The number of allylic oxidation sites excluding steroid dienone is 1. The first-order chi connectivity index (χ1) is 16.2. The Balaban J connectivity index is 1.60. The summed E-state index contributed by atoms with van der Waals surface area (Å²) >= 11 is 6.26. The largest absolute Gasteiger partial charge is 0.372 e. The number of hydrogen-bond donors (Lipinski definition) is 1. The second-order valence-corrected chi connectivity index (χ2v) is 8.63. The van der Waals surface area contributed by atoms with Gasteiger partial charge in [-0.3, -0.25) is 9.98 Å². The molecule has 6 rings (SSSR count). The van der Waals surface area contributed by atoms with Crippen molar-refractivity contribution >= 4 is 45.8 Å². The zero-order chi connectivity index (χ0) is 22.4. The molecule has 0 bridgehead atoms. The van der Waals surface area contributed by atoms with Crippen molar-refractivity contribution in [2.75, 3.05) is 18.1 Å². The lowest BCUT2D eigenvalue weighted by Crippen LogP contribution is -2.16. The van der Waals surface area contributed by atoms with E-state index in [9.17, 15) is 0 Å².